The molecule has 2 aromatic rings. The Hall–Kier alpha value is -4.79. The maximum atomic E-state index is 13.1. The van der Waals surface area contributed by atoms with Gasteiger partial charge in [-0.15, -0.1) is 0 Å². The van der Waals surface area contributed by atoms with Gasteiger partial charge in [0.1, 0.15) is 43.7 Å². The van der Waals surface area contributed by atoms with Crippen LogP contribution >= 0.6 is 0 Å². The first-order valence-corrected chi connectivity index (χ1v) is 15.7. The third kappa shape index (κ3) is 9.35. The molecule has 0 unspecified atom stereocenters. The van der Waals surface area contributed by atoms with Crippen molar-refractivity contribution in [1.29, 1.82) is 0 Å². The first-order chi connectivity index (χ1) is 24.7. The average Bonchev–Trinajstić information content (AvgIpc) is 3.38. The molecule has 2 aromatic carbocycles. The van der Waals surface area contributed by atoms with Crippen molar-refractivity contribution in [2.24, 2.45) is 0 Å². The molecule has 4 rings (SSSR count). The van der Waals surface area contributed by atoms with E-state index in [4.69, 9.17) is 37.9 Å². The van der Waals surface area contributed by atoms with Crippen LogP contribution in [0.15, 0.2) is 48.6 Å². The molecule has 0 amide bonds. The lowest BCUT2D eigenvalue weighted by Gasteiger charge is -2.44. The van der Waals surface area contributed by atoms with Gasteiger partial charge in [-0.3, -0.25) is 4.79 Å². The van der Waals surface area contributed by atoms with E-state index in [0.29, 0.717) is 11.1 Å². The smallest absolute Gasteiger partial charge is 0.331 e. The second-order valence-corrected chi connectivity index (χ2v) is 11.5. The molecule has 0 aromatic heterocycles. The number of hydrogen-bond donors (Lipinski definition) is 7. The minimum absolute atomic E-state index is 0.112. The SMILES string of the molecule is COc1cc(C=CC(=O)OC[C@H]2O[C@@](CO)(O[C@H]3O[C@H](CO)[C@@H](O)[C@H](O)[C@H]3OC(C)=O)[C@@H](OC(=O)C=Cc3ccc(O)c(OC)c3)[C@@H]2O)ccc1O. The van der Waals surface area contributed by atoms with Crippen molar-refractivity contribution in [2.75, 3.05) is 34.0 Å². The summed E-state index contributed by atoms with van der Waals surface area (Å²) in [6.07, 6.45) is -9.51. The molecule has 2 saturated heterocycles. The fourth-order valence-electron chi connectivity index (χ4n) is 5.37. The summed E-state index contributed by atoms with van der Waals surface area (Å²) in [6.45, 7) is -1.72. The van der Waals surface area contributed by atoms with Crippen LogP contribution in [-0.4, -0.2) is 142 Å². The number of esters is 3. The van der Waals surface area contributed by atoms with Crippen molar-refractivity contribution < 1.29 is 88.0 Å². The van der Waals surface area contributed by atoms with Gasteiger partial charge in [0.25, 0.3) is 0 Å². The van der Waals surface area contributed by atoms with E-state index < -0.39 is 92.5 Å². The zero-order valence-corrected chi connectivity index (χ0v) is 28.1. The van der Waals surface area contributed by atoms with Crippen LogP contribution in [0.2, 0.25) is 0 Å². The first-order valence-electron chi connectivity index (χ1n) is 15.7. The summed E-state index contributed by atoms with van der Waals surface area (Å²) < 4.78 is 43.2. The number of aliphatic hydroxyl groups is 5. The molecule has 18 nitrogen and oxygen atoms in total. The van der Waals surface area contributed by atoms with Gasteiger partial charge in [-0.05, 0) is 47.5 Å². The third-order valence-corrected chi connectivity index (χ3v) is 8.00. The number of phenolic OH excluding ortho intramolecular Hbond substituents is 2. The minimum Gasteiger partial charge on any atom is -0.504 e. The Bertz CT molecular complexity index is 1630. The number of benzene rings is 2. The molecule has 52 heavy (non-hydrogen) atoms. The van der Waals surface area contributed by atoms with Crippen LogP contribution in [-0.2, 0) is 42.8 Å². The molecule has 2 heterocycles. The second kappa shape index (κ2) is 17.6. The van der Waals surface area contributed by atoms with Crippen LogP contribution in [0.25, 0.3) is 12.2 Å². The Balaban J connectivity index is 1.59. The Morgan fingerprint density at radius 1 is 0.808 bits per heavy atom. The molecule has 0 spiro atoms. The topological polar surface area (TPSA) is 267 Å². The Kier molecular flexibility index (Phi) is 13.6. The number of rotatable bonds is 14. The van der Waals surface area contributed by atoms with E-state index in [1.165, 1.54) is 62.8 Å². The van der Waals surface area contributed by atoms with Gasteiger partial charge in [0.2, 0.25) is 12.1 Å². The molecule has 9 atom stereocenters. The number of aliphatic hydroxyl groups excluding tert-OH is 5. The summed E-state index contributed by atoms with van der Waals surface area (Å²) in [7, 11) is 2.68. The summed E-state index contributed by atoms with van der Waals surface area (Å²) in [4.78, 5) is 37.6. The fourth-order valence-corrected chi connectivity index (χ4v) is 5.37. The second-order valence-electron chi connectivity index (χ2n) is 11.5. The van der Waals surface area contributed by atoms with Gasteiger partial charge in [-0.25, -0.2) is 9.59 Å². The lowest BCUT2D eigenvalue weighted by Crippen LogP contribution is -2.64. The van der Waals surface area contributed by atoms with Crippen molar-refractivity contribution in [3.05, 3.63) is 59.7 Å². The van der Waals surface area contributed by atoms with E-state index in [0.717, 1.165) is 19.1 Å². The quantitative estimate of drug-likeness (QED) is 0.0706. The van der Waals surface area contributed by atoms with Gasteiger partial charge in [0.05, 0.1) is 20.8 Å². The van der Waals surface area contributed by atoms with Gasteiger partial charge in [0, 0.05) is 19.1 Å². The Labute approximate surface area is 296 Å². The molecular weight excluding hydrogens is 696 g/mol. The molecule has 284 valence electrons. The highest BCUT2D eigenvalue weighted by molar-refractivity contribution is 5.88. The van der Waals surface area contributed by atoms with Crippen LogP contribution in [0, 0.1) is 0 Å². The lowest BCUT2D eigenvalue weighted by atomic mass is 9.98. The van der Waals surface area contributed by atoms with Crippen LogP contribution in [0.4, 0.5) is 0 Å². The molecule has 0 aliphatic carbocycles. The molecular formula is C34H40O18. The number of hydrogen-bond acceptors (Lipinski definition) is 18. The predicted molar refractivity (Wildman–Crippen MR) is 173 cm³/mol. The molecule has 0 saturated carbocycles. The Morgan fingerprint density at radius 3 is 1.90 bits per heavy atom. The molecule has 2 aliphatic rings. The van der Waals surface area contributed by atoms with Crippen molar-refractivity contribution in [3.63, 3.8) is 0 Å². The molecule has 2 aliphatic heterocycles. The van der Waals surface area contributed by atoms with E-state index >= 15 is 0 Å². The van der Waals surface area contributed by atoms with E-state index in [2.05, 4.69) is 0 Å². The number of methoxy groups -OCH3 is 2. The van der Waals surface area contributed by atoms with Crippen LogP contribution < -0.4 is 9.47 Å². The largest absolute Gasteiger partial charge is 0.504 e. The van der Waals surface area contributed by atoms with Crippen LogP contribution in [0.5, 0.6) is 23.0 Å². The third-order valence-electron chi connectivity index (χ3n) is 8.00. The molecule has 18 heteroatoms. The van der Waals surface area contributed by atoms with E-state index in [9.17, 15) is 50.1 Å². The minimum atomic E-state index is -2.55. The van der Waals surface area contributed by atoms with Crippen molar-refractivity contribution in [3.8, 4) is 23.0 Å². The molecule has 2 fully saturated rings. The van der Waals surface area contributed by atoms with Gasteiger partial charge in [0.15, 0.2) is 35.2 Å². The normalized spacial score (nSPS) is 28.8. The van der Waals surface area contributed by atoms with Crippen LogP contribution in [0.3, 0.4) is 0 Å². The van der Waals surface area contributed by atoms with E-state index in [-0.39, 0.29) is 23.0 Å². The Morgan fingerprint density at radius 2 is 1.38 bits per heavy atom. The number of phenols is 2. The standard InChI is InChI=1S/C34H40O18/c1-17(37)48-31-30(44)28(42)24(14-35)49-33(31)52-34(16-36)32(50-27(41)11-7-19-5-9-21(39)23(13-19)46-3)29(43)25(51-34)15-47-26(40)10-6-18-4-8-20(38)22(12-18)45-2/h4-13,24-25,28-33,35-36,38-39,42-44H,14-16H2,1-3H3/t24-,25-,28-,29-,30+,31-,32+,33-,34+/m1/s1. The maximum Gasteiger partial charge on any atom is 0.331 e. The molecule has 7 N–H and O–H groups in total. The zero-order valence-electron chi connectivity index (χ0n) is 28.1. The fraction of sp³-hybridized carbons (Fsp3) is 0.441. The number of ether oxygens (including phenoxy) is 8. The lowest BCUT2D eigenvalue weighted by molar-refractivity contribution is -0.383. The number of carbonyl (C=O) groups excluding carboxylic acids is 3. The highest BCUT2D eigenvalue weighted by atomic mass is 16.8. The van der Waals surface area contributed by atoms with Gasteiger partial charge >= 0.3 is 17.9 Å². The first kappa shape index (κ1) is 40.0. The number of carbonyl (C=O) groups is 3. The summed E-state index contributed by atoms with van der Waals surface area (Å²) in [6, 6.07) is 8.49. The van der Waals surface area contributed by atoms with Crippen molar-refractivity contribution in [2.45, 2.75) is 61.7 Å². The van der Waals surface area contributed by atoms with E-state index in [1.54, 1.807) is 0 Å². The highest BCUT2D eigenvalue weighted by Crippen LogP contribution is 2.39. The molecule has 0 radical (unpaired) electrons. The number of aromatic hydroxyl groups is 2. The maximum absolute atomic E-state index is 13.1. The molecule has 0 bridgehead atoms. The summed E-state index contributed by atoms with van der Waals surface area (Å²) >= 11 is 0. The summed E-state index contributed by atoms with van der Waals surface area (Å²) in [5.41, 5.74) is 0.857. The average molecular weight is 737 g/mol. The zero-order chi connectivity index (χ0) is 38.2. The van der Waals surface area contributed by atoms with Crippen molar-refractivity contribution in [1.82, 2.24) is 0 Å². The predicted octanol–water partition coefficient (Wildman–Crippen LogP) is -0.868. The monoisotopic (exact) mass is 736 g/mol. The highest BCUT2D eigenvalue weighted by Gasteiger charge is 2.61. The van der Waals surface area contributed by atoms with Gasteiger partial charge in [-0.1, -0.05) is 12.1 Å². The van der Waals surface area contributed by atoms with Crippen molar-refractivity contribution >= 4 is 30.1 Å². The summed E-state index contributed by atoms with van der Waals surface area (Å²) in [5.74, 6) is -5.52. The van der Waals surface area contributed by atoms with Crippen LogP contribution in [0.1, 0.15) is 18.1 Å². The van der Waals surface area contributed by atoms with Gasteiger partial charge in [-0.2, -0.15) is 0 Å². The van der Waals surface area contributed by atoms with Gasteiger partial charge < -0.3 is 73.6 Å². The summed E-state index contributed by atoms with van der Waals surface area (Å²) in [5, 5.41) is 72.4. The van der Waals surface area contributed by atoms with E-state index in [1.807, 2.05) is 0 Å².